The summed E-state index contributed by atoms with van der Waals surface area (Å²) < 4.78 is 14.5. The summed E-state index contributed by atoms with van der Waals surface area (Å²) in [5.74, 6) is 0.619. The average Bonchev–Trinajstić information content (AvgIpc) is 3.32. The molecule has 5 aromatic rings. The van der Waals surface area contributed by atoms with Gasteiger partial charge in [0.2, 0.25) is 0 Å². The number of piperazine rings is 1. The SMILES string of the molecule is CN1CCN(c2ccc3sc4c(-c5cccc6c(=O)cc(N7CCOCC7)oc56)cccc4c3c2)CC1. The maximum atomic E-state index is 13.1. The molecule has 4 heterocycles. The minimum absolute atomic E-state index is 0.00933. The van der Waals surface area contributed by atoms with Crippen LogP contribution in [-0.4, -0.2) is 64.4 Å². The lowest BCUT2D eigenvalue weighted by Gasteiger charge is -2.34. The Balaban J connectivity index is 1.37. The van der Waals surface area contributed by atoms with E-state index < -0.39 is 0 Å². The van der Waals surface area contributed by atoms with Crippen LogP contribution in [0.15, 0.2) is 69.9 Å². The highest BCUT2D eigenvalue weighted by atomic mass is 32.1. The second-order valence-electron chi connectivity index (χ2n) is 9.99. The zero-order chi connectivity index (χ0) is 24.9. The van der Waals surface area contributed by atoms with E-state index in [-0.39, 0.29) is 5.43 Å². The quantitative estimate of drug-likeness (QED) is 0.323. The molecule has 3 aromatic carbocycles. The molecule has 6 nitrogen and oxygen atoms in total. The van der Waals surface area contributed by atoms with Gasteiger partial charge in [0.1, 0.15) is 5.58 Å². The van der Waals surface area contributed by atoms with Gasteiger partial charge in [-0.05, 0) is 31.3 Å². The van der Waals surface area contributed by atoms with Crippen molar-refractivity contribution in [3.05, 3.63) is 70.9 Å². The summed E-state index contributed by atoms with van der Waals surface area (Å²) in [6.45, 7) is 7.00. The second-order valence-corrected chi connectivity index (χ2v) is 11.0. The molecule has 37 heavy (non-hydrogen) atoms. The number of ether oxygens (including phenoxy) is 1. The Morgan fingerprint density at radius 2 is 1.51 bits per heavy atom. The van der Waals surface area contributed by atoms with E-state index in [0.717, 1.165) is 50.4 Å². The van der Waals surface area contributed by atoms with Gasteiger partial charge in [0.25, 0.3) is 0 Å². The molecule has 0 atom stereocenters. The van der Waals surface area contributed by atoms with Crippen LogP contribution in [0.3, 0.4) is 0 Å². The molecule has 0 spiro atoms. The maximum Gasteiger partial charge on any atom is 0.200 e. The first-order chi connectivity index (χ1) is 18.2. The Kier molecular flexibility index (Phi) is 5.65. The van der Waals surface area contributed by atoms with E-state index in [1.54, 1.807) is 6.07 Å². The standard InChI is InChI=1S/C30H29N3O3S/c1-31-10-12-32(13-11-31)20-8-9-27-25(18-20)23-6-3-5-22(30(23)37-27)21-4-2-7-24-26(34)19-28(36-29(21)24)33-14-16-35-17-15-33/h2-9,18-19H,10-17H2,1H3. The number of nitrogens with zero attached hydrogens (tertiary/aromatic N) is 3. The van der Waals surface area contributed by atoms with E-state index in [1.807, 2.05) is 23.5 Å². The third-order valence-electron chi connectivity index (χ3n) is 7.70. The number of fused-ring (bicyclic) bond motifs is 4. The van der Waals surface area contributed by atoms with Crippen molar-refractivity contribution in [3.8, 4) is 11.1 Å². The zero-order valence-corrected chi connectivity index (χ0v) is 21.7. The Bertz CT molecular complexity index is 1680. The van der Waals surface area contributed by atoms with E-state index in [2.05, 4.69) is 64.2 Å². The van der Waals surface area contributed by atoms with Crippen LogP contribution in [0.4, 0.5) is 11.6 Å². The predicted molar refractivity (Wildman–Crippen MR) is 154 cm³/mol. The fraction of sp³-hybridized carbons (Fsp3) is 0.300. The molecule has 7 rings (SSSR count). The summed E-state index contributed by atoms with van der Waals surface area (Å²) in [4.78, 5) is 20.1. The minimum atomic E-state index is -0.00933. The van der Waals surface area contributed by atoms with Crippen molar-refractivity contribution in [3.63, 3.8) is 0 Å². The summed E-state index contributed by atoms with van der Waals surface area (Å²) >= 11 is 1.81. The molecule has 0 aliphatic carbocycles. The van der Waals surface area contributed by atoms with E-state index in [4.69, 9.17) is 9.15 Å². The molecule has 2 aromatic heterocycles. The van der Waals surface area contributed by atoms with Crippen LogP contribution in [-0.2, 0) is 4.74 Å². The number of para-hydroxylation sites is 1. The lowest BCUT2D eigenvalue weighted by atomic mass is 10.0. The van der Waals surface area contributed by atoms with Crippen LogP contribution in [0.2, 0.25) is 0 Å². The molecule has 2 fully saturated rings. The van der Waals surface area contributed by atoms with Crippen LogP contribution in [0.1, 0.15) is 0 Å². The summed E-state index contributed by atoms with van der Waals surface area (Å²) in [6.07, 6.45) is 0. The first-order valence-electron chi connectivity index (χ1n) is 12.9. The van der Waals surface area contributed by atoms with Crippen molar-refractivity contribution in [2.45, 2.75) is 0 Å². The Hall–Kier alpha value is -3.39. The van der Waals surface area contributed by atoms with Crippen molar-refractivity contribution in [1.82, 2.24) is 4.90 Å². The first kappa shape index (κ1) is 22.8. The molecule has 2 saturated heterocycles. The minimum Gasteiger partial charge on any atom is -0.440 e. The summed E-state index contributed by atoms with van der Waals surface area (Å²) in [6, 6.07) is 20.9. The molecular weight excluding hydrogens is 482 g/mol. The molecule has 0 bridgehead atoms. The molecule has 2 aliphatic heterocycles. The number of anilines is 2. The van der Waals surface area contributed by atoms with Gasteiger partial charge in [-0.1, -0.05) is 30.3 Å². The van der Waals surface area contributed by atoms with E-state index in [1.165, 1.54) is 25.9 Å². The van der Waals surface area contributed by atoms with Crippen LogP contribution in [0, 0.1) is 0 Å². The zero-order valence-electron chi connectivity index (χ0n) is 20.9. The lowest BCUT2D eigenvalue weighted by Crippen LogP contribution is -2.44. The molecule has 0 N–H and O–H groups in total. The number of hydrogen-bond acceptors (Lipinski definition) is 7. The second kappa shape index (κ2) is 9.17. The highest BCUT2D eigenvalue weighted by molar-refractivity contribution is 7.26. The van der Waals surface area contributed by atoms with E-state index in [0.29, 0.717) is 30.1 Å². The van der Waals surface area contributed by atoms with Crippen molar-refractivity contribution in [2.24, 2.45) is 0 Å². The summed E-state index contributed by atoms with van der Waals surface area (Å²) in [5, 5.41) is 3.15. The summed E-state index contributed by atoms with van der Waals surface area (Å²) in [5.41, 5.74) is 4.00. The third kappa shape index (κ3) is 3.98. The lowest BCUT2D eigenvalue weighted by molar-refractivity contribution is 0.121. The van der Waals surface area contributed by atoms with Gasteiger partial charge in [0.15, 0.2) is 11.3 Å². The van der Waals surface area contributed by atoms with Crippen LogP contribution >= 0.6 is 11.3 Å². The fourth-order valence-corrected chi connectivity index (χ4v) is 6.79. The maximum absolute atomic E-state index is 13.1. The third-order valence-corrected chi connectivity index (χ3v) is 8.92. The largest absolute Gasteiger partial charge is 0.440 e. The van der Waals surface area contributed by atoms with E-state index in [9.17, 15) is 4.79 Å². The van der Waals surface area contributed by atoms with Crippen LogP contribution < -0.4 is 15.2 Å². The number of hydrogen-bond donors (Lipinski definition) is 0. The highest BCUT2D eigenvalue weighted by Gasteiger charge is 2.20. The van der Waals surface area contributed by atoms with Crippen molar-refractivity contribution in [1.29, 1.82) is 0 Å². The van der Waals surface area contributed by atoms with Gasteiger partial charge in [-0.3, -0.25) is 4.79 Å². The predicted octanol–water partition coefficient (Wildman–Crippen LogP) is 5.42. The van der Waals surface area contributed by atoms with Gasteiger partial charge in [0, 0.05) is 82.3 Å². The van der Waals surface area contributed by atoms with Gasteiger partial charge in [-0.2, -0.15) is 0 Å². The van der Waals surface area contributed by atoms with Gasteiger partial charge in [-0.15, -0.1) is 11.3 Å². The van der Waals surface area contributed by atoms with Crippen LogP contribution in [0.25, 0.3) is 42.3 Å². The first-order valence-corrected chi connectivity index (χ1v) is 13.8. The molecule has 188 valence electrons. The number of morpholine rings is 1. The van der Waals surface area contributed by atoms with Crippen LogP contribution in [0.5, 0.6) is 0 Å². The number of benzene rings is 3. The Labute approximate surface area is 219 Å². The molecule has 0 radical (unpaired) electrons. The molecular formula is C30H29N3O3S. The van der Waals surface area contributed by atoms with Gasteiger partial charge in [-0.25, -0.2) is 0 Å². The molecule has 2 aliphatic rings. The van der Waals surface area contributed by atoms with Crippen molar-refractivity contribution in [2.75, 3.05) is 69.3 Å². The topological polar surface area (TPSA) is 49.2 Å². The normalized spacial score (nSPS) is 17.3. The monoisotopic (exact) mass is 511 g/mol. The number of thiophene rings is 1. The Morgan fingerprint density at radius 1 is 0.757 bits per heavy atom. The van der Waals surface area contributed by atoms with Gasteiger partial charge < -0.3 is 23.9 Å². The number of rotatable bonds is 3. The molecule has 0 amide bonds. The van der Waals surface area contributed by atoms with Gasteiger partial charge >= 0.3 is 0 Å². The smallest absolute Gasteiger partial charge is 0.200 e. The van der Waals surface area contributed by atoms with E-state index >= 15 is 0 Å². The van der Waals surface area contributed by atoms with Gasteiger partial charge in [0.05, 0.1) is 18.6 Å². The Morgan fingerprint density at radius 3 is 2.32 bits per heavy atom. The molecule has 7 heteroatoms. The number of likely N-dealkylation sites (N-methyl/N-ethyl adjacent to an activating group) is 1. The van der Waals surface area contributed by atoms with Crippen molar-refractivity contribution < 1.29 is 9.15 Å². The fourth-order valence-electron chi connectivity index (χ4n) is 5.58. The average molecular weight is 512 g/mol. The molecule has 0 unspecified atom stereocenters. The summed E-state index contributed by atoms with van der Waals surface area (Å²) in [7, 11) is 2.19. The highest BCUT2D eigenvalue weighted by Crippen LogP contribution is 2.43. The molecule has 0 saturated carbocycles. The van der Waals surface area contributed by atoms with Crippen molar-refractivity contribution >= 4 is 54.0 Å².